The maximum absolute atomic E-state index is 13.3. The number of nitrogens with zero attached hydrogens (tertiary/aromatic N) is 5. The summed E-state index contributed by atoms with van der Waals surface area (Å²) in [5.41, 5.74) is 1.86. The molecule has 4 rings (SSSR count). The van der Waals surface area contributed by atoms with Gasteiger partial charge in [0, 0.05) is 44.0 Å². The number of hydrogen-bond donors (Lipinski definition) is 2. The molecule has 37 heavy (non-hydrogen) atoms. The monoisotopic (exact) mass is 539 g/mol. The summed E-state index contributed by atoms with van der Waals surface area (Å²) in [5, 5.41) is 4.60. The molecule has 3 aromatic rings. The molecule has 0 aliphatic carbocycles. The van der Waals surface area contributed by atoms with E-state index >= 15 is 0 Å². The van der Waals surface area contributed by atoms with Gasteiger partial charge in [0.05, 0.1) is 23.0 Å². The van der Waals surface area contributed by atoms with Crippen molar-refractivity contribution >= 4 is 33.1 Å². The number of anilines is 2. The van der Waals surface area contributed by atoms with E-state index in [-0.39, 0.29) is 11.6 Å². The van der Waals surface area contributed by atoms with Crippen molar-refractivity contribution in [1.82, 2.24) is 19.5 Å². The fourth-order valence-corrected chi connectivity index (χ4v) is 5.04. The minimum Gasteiger partial charge on any atom is -0.355 e. The number of fused-ring (bicyclic) bond motifs is 1. The molecule has 1 saturated heterocycles. The Hall–Kier alpha value is -3.39. The SMILES string of the molecule is CC[C@@H](c1cc2nc(N3CC[C@H](N)C3)c(C)cn2n1)N(C)C(=O)c1ccccc1NS(=O)(=O)C(F)(F)F. The zero-order valence-corrected chi connectivity index (χ0v) is 21.3. The van der Waals surface area contributed by atoms with Gasteiger partial charge in [-0.25, -0.2) is 9.50 Å². The average molecular weight is 540 g/mol. The molecule has 3 heterocycles. The topological polar surface area (TPSA) is 126 Å². The number of halogens is 3. The number of sulfonamides is 1. The molecule has 0 unspecified atom stereocenters. The summed E-state index contributed by atoms with van der Waals surface area (Å²) < 4.78 is 65.2. The first-order valence-electron chi connectivity index (χ1n) is 11.6. The number of para-hydroxylation sites is 1. The first kappa shape index (κ1) is 26.7. The summed E-state index contributed by atoms with van der Waals surface area (Å²) in [6, 6.07) is 6.45. The molecule has 1 amide bonds. The third-order valence-corrected chi connectivity index (χ3v) is 7.47. The van der Waals surface area contributed by atoms with Crippen molar-refractivity contribution in [3.8, 4) is 0 Å². The molecule has 14 heteroatoms. The van der Waals surface area contributed by atoms with Crippen LogP contribution in [0, 0.1) is 6.92 Å². The van der Waals surface area contributed by atoms with Gasteiger partial charge in [-0.05, 0) is 31.9 Å². The Balaban J connectivity index is 1.63. The van der Waals surface area contributed by atoms with E-state index in [0.717, 1.165) is 30.4 Å². The third-order valence-electron chi connectivity index (χ3n) is 6.37. The number of aromatic nitrogens is 3. The largest absolute Gasteiger partial charge is 0.516 e. The second kappa shape index (κ2) is 9.82. The second-order valence-electron chi connectivity index (χ2n) is 9.05. The zero-order valence-electron chi connectivity index (χ0n) is 20.5. The van der Waals surface area contributed by atoms with Crippen LogP contribution in [0.1, 0.15) is 47.4 Å². The summed E-state index contributed by atoms with van der Waals surface area (Å²) in [5.74, 6) is 0.149. The van der Waals surface area contributed by atoms with Crippen LogP contribution in [0.2, 0.25) is 0 Å². The van der Waals surface area contributed by atoms with Crippen LogP contribution in [0.4, 0.5) is 24.7 Å². The maximum atomic E-state index is 13.3. The number of hydrogen-bond acceptors (Lipinski definition) is 7. The molecular weight excluding hydrogens is 511 g/mol. The van der Waals surface area contributed by atoms with Gasteiger partial charge < -0.3 is 15.5 Å². The third kappa shape index (κ3) is 5.21. The lowest BCUT2D eigenvalue weighted by Crippen LogP contribution is -2.34. The lowest BCUT2D eigenvalue weighted by atomic mass is 10.1. The lowest BCUT2D eigenvalue weighted by Gasteiger charge is -2.27. The number of amides is 1. The number of carbonyl (C=O) groups excluding carboxylic acids is 1. The van der Waals surface area contributed by atoms with Crippen LogP contribution in [-0.2, 0) is 10.0 Å². The van der Waals surface area contributed by atoms with Crippen molar-refractivity contribution in [3.05, 3.63) is 53.3 Å². The van der Waals surface area contributed by atoms with Crippen molar-refractivity contribution < 1.29 is 26.4 Å². The molecule has 1 fully saturated rings. The summed E-state index contributed by atoms with van der Waals surface area (Å²) in [6.45, 7) is 5.28. The van der Waals surface area contributed by atoms with Crippen LogP contribution in [-0.4, -0.2) is 65.5 Å². The van der Waals surface area contributed by atoms with E-state index in [9.17, 15) is 26.4 Å². The molecule has 0 spiro atoms. The normalized spacial score (nSPS) is 17.3. The van der Waals surface area contributed by atoms with E-state index in [4.69, 9.17) is 10.7 Å². The number of alkyl halides is 3. The molecule has 1 aliphatic rings. The van der Waals surface area contributed by atoms with Crippen LogP contribution in [0.15, 0.2) is 36.5 Å². The van der Waals surface area contributed by atoms with E-state index in [1.165, 1.54) is 34.9 Å². The van der Waals surface area contributed by atoms with Gasteiger partial charge in [0.25, 0.3) is 5.91 Å². The van der Waals surface area contributed by atoms with Gasteiger partial charge in [-0.15, -0.1) is 0 Å². The van der Waals surface area contributed by atoms with Crippen LogP contribution < -0.4 is 15.4 Å². The molecule has 2 aromatic heterocycles. The van der Waals surface area contributed by atoms with Gasteiger partial charge in [0.1, 0.15) is 5.82 Å². The lowest BCUT2D eigenvalue weighted by molar-refractivity contribution is -0.0429. The maximum Gasteiger partial charge on any atom is 0.516 e. The van der Waals surface area contributed by atoms with E-state index < -0.39 is 33.2 Å². The van der Waals surface area contributed by atoms with Gasteiger partial charge in [0.15, 0.2) is 5.65 Å². The molecule has 0 bridgehead atoms. The molecule has 1 aliphatic heterocycles. The van der Waals surface area contributed by atoms with E-state index in [1.54, 1.807) is 10.6 Å². The highest BCUT2D eigenvalue weighted by Gasteiger charge is 2.46. The quantitative estimate of drug-likeness (QED) is 0.473. The highest BCUT2D eigenvalue weighted by Crippen LogP contribution is 2.30. The van der Waals surface area contributed by atoms with Crippen molar-refractivity contribution in [1.29, 1.82) is 0 Å². The Morgan fingerprint density at radius 3 is 2.65 bits per heavy atom. The average Bonchev–Trinajstić information content (AvgIpc) is 3.43. The molecule has 200 valence electrons. The molecule has 3 N–H and O–H groups in total. The van der Waals surface area contributed by atoms with E-state index in [0.29, 0.717) is 24.3 Å². The fraction of sp³-hybridized carbons (Fsp3) is 0.435. The van der Waals surface area contributed by atoms with Gasteiger partial charge in [-0.3, -0.25) is 9.52 Å². The molecule has 0 saturated carbocycles. The predicted octanol–water partition coefficient (Wildman–Crippen LogP) is 3.06. The van der Waals surface area contributed by atoms with E-state index in [2.05, 4.69) is 10.00 Å². The highest BCUT2D eigenvalue weighted by atomic mass is 32.2. The Morgan fingerprint density at radius 2 is 2.03 bits per heavy atom. The number of rotatable bonds is 7. The Bertz CT molecular complexity index is 1420. The number of nitrogens with one attached hydrogen (secondary N) is 1. The number of aryl methyl sites for hydroxylation is 1. The highest BCUT2D eigenvalue weighted by molar-refractivity contribution is 7.93. The Labute approximate surface area is 212 Å². The minimum absolute atomic E-state index is 0.0884. The van der Waals surface area contributed by atoms with Gasteiger partial charge in [0.2, 0.25) is 0 Å². The molecule has 10 nitrogen and oxygen atoms in total. The van der Waals surface area contributed by atoms with Crippen LogP contribution in [0.3, 0.4) is 0 Å². The Kier molecular flexibility index (Phi) is 7.08. The molecule has 2 atom stereocenters. The van der Waals surface area contributed by atoms with Crippen molar-refractivity contribution in [2.75, 3.05) is 29.8 Å². The van der Waals surface area contributed by atoms with Crippen LogP contribution in [0.5, 0.6) is 0 Å². The summed E-state index contributed by atoms with van der Waals surface area (Å²) >= 11 is 0. The standard InChI is InChI=1S/C23H28F3N7O3S/c1-4-19(18-11-20-28-21(14(2)12-33(20)29-18)32-10-9-15(27)13-32)31(3)22(34)16-7-5-6-8-17(16)30-37(35,36)23(24,25)26/h5-8,11-12,15,19,30H,4,9-10,13,27H2,1-3H3/t15-,19-/m0/s1. The summed E-state index contributed by atoms with van der Waals surface area (Å²) in [6.07, 6.45) is 3.17. The zero-order chi connectivity index (χ0) is 27.1. The van der Waals surface area contributed by atoms with Crippen LogP contribution in [0.25, 0.3) is 5.65 Å². The smallest absolute Gasteiger partial charge is 0.355 e. The van der Waals surface area contributed by atoms with Crippen molar-refractivity contribution in [2.45, 2.75) is 44.3 Å². The van der Waals surface area contributed by atoms with Gasteiger partial charge in [-0.2, -0.15) is 26.7 Å². The number of carbonyl (C=O) groups is 1. The first-order chi connectivity index (χ1) is 17.3. The molecule has 0 radical (unpaired) electrons. The first-order valence-corrected chi connectivity index (χ1v) is 13.1. The predicted molar refractivity (Wildman–Crippen MR) is 133 cm³/mol. The Morgan fingerprint density at radius 1 is 1.32 bits per heavy atom. The summed E-state index contributed by atoms with van der Waals surface area (Å²) in [4.78, 5) is 21.5. The van der Waals surface area contributed by atoms with Crippen LogP contribution >= 0.6 is 0 Å². The minimum atomic E-state index is -5.70. The van der Waals surface area contributed by atoms with Crippen molar-refractivity contribution in [3.63, 3.8) is 0 Å². The number of benzene rings is 1. The number of nitrogens with two attached hydrogens (primary N) is 1. The van der Waals surface area contributed by atoms with E-state index in [1.807, 2.05) is 20.0 Å². The van der Waals surface area contributed by atoms with Crippen molar-refractivity contribution in [2.24, 2.45) is 5.73 Å². The molecular formula is C23H28F3N7O3S. The second-order valence-corrected chi connectivity index (χ2v) is 10.7. The van der Waals surface area contributed by atoms with Gasteiger partial charge in [-0.1, -0.05) is 19.1 Å². The fourth-order valence-electron chi connectivity index (χ4n) is 4.46. The molecule has 1 aromatic carbocycles. The van der Waals surface area contributed by atoms with Gasteiger partial charge >= 0.3 is 15.5 Å². The summed E-state index contributed by atoms with van der Waals surface area (Å²) in [7, 11) is -4.21.